The van der Waals surface area contributed by atoms with Crippen LogP contribution >= 0.6 is 26.3 Å². The van der Waals surface area contributed by atoms with Crippen LogP contribution in [0.5, 0.6) is 0 Å². The first-order valence-corrected chi connectivity index (χ1v) is 14.3. The molecule has 0 aliphatic heterocycles. The van der Waals surface area contributed by atoms with E-state index in [0.717, 1.165) is 17.7 Å². The summed E-state index contributed by atoms with van der Waals surface area (Å²) in [6.45, 7) is 2.01. The molecule has 1 heterocycles. The van der Waals surface area contributed by atoms with E-state index in [2.05, 4.69) is 125 Å². The van der Waals surface area contributed by atoms with Crippen molar-refractivity contribution in [2.24, 2.45) is 0 Å². The van der Waals surface area contributed by atoms with Crippen LogP contribution in [0.2, 0.25) is 0 Å². The molecule has 0 aliphatic carbocycles. The number of halogens is 1. The fraction of sp³-hybridized carbons (Fsp3) is 0.0833. The average Bonchev–Trinajstić information content (AvgIpc) is 3.14. The molecule has 3 aromatic carbocycles. The number of hydrogen-bond donors (Lipinski definition) is 0. The Balaban J connectivity index is 2.09. The van der Waals surface area contributed by atoms with Gasteiger partial charge in [-0.25, -0.2) is 0 Å². The van der Waals surface area contributed by atoms with Crippen LogP contribution in [0, 0.1) is 6.92 Å². The molecule has 0 saturated carbocycles. The fourth-order valence-electron chi connectivity index (χ4n) is 3.80. The van der Waals surface area contributed by atoms with E-state index in [1.807, 2.05) is 6.92 Å². The number of hydrogen-bond acceptors (Lipinski definition) is 1. The summed E-state index contributed by atoms with van der Waals surface area (Å²) < 4.78 is 3.31. The van der Waals surface area contributed by atoms with Crippen molar-refractivity contribution >= 4 is 42.2 Å². The maximum absolute atomic E-state index is 6.10. The van der Waals surface area contributed by atoms with Gasteiger partial charge in [-0.15, -0.1) is 0 Å². The van der Waals surface area contributed by atoms with E-state index in [4.69, 9.17) is 4.42 Å². The van der Waals surface area contributed by atoms with Crippen molar-refractivity contribution in [2.75, 3.05) is 0 Å². The summed E-state index contributed by atoms with van der Waals surface area (Å²) in [4.78, 5) is 0. The zero-order valence-electron chi connectivity index (χ0n) is 15.3. The van der Waals surface area contributed by atoms with Crippen LogP contribution < -0.4 is 15.9 Å². The van der Waals surface area contributed by atoms with Crippen molar-refractivity contribution in [3.8, 4) is 0 Å². The van der Waals surface area contributed by atoms with Gasteiger partial charge in [-0.05, 0) is 0 Å². The third kappa shape index (κ3) is 3.15. The predicted molar refractivity (Wildman–Crippen MR) is 126 cm³/mol. The molecule has 4 rings (SSSR count). The number of rotatable bonds is 5. The van der Waals surface area contributed by atoms with Crippen molar-refractivity contribution in [3.05, 3.63) is 115 Å². The number of aryl methyl sites for hydroxylation is 1. The van der Waals surface area contributed by atoms with E-state index in [1.54, 1.807) is 0 Å². The second-order valence-electron chi connectivity index (χ2n) is 6.86. The Hall–Kier alpha value is -1.90. The van der Waals surface area contributed by atoms with Crippen LogP contribution in [0.1, 0.15) is 11.5 Å². The van der Waals surface area contributed by atoms with E-state index in [-0.39, 0.29) is 0 Å². The normalized spacial score (nSPS) is 13.0. The van der Waals surface area contributed by atoms with E-state index in [9.17, 15) is 0 Å². The summed E-state index contributed by atoms with van der Waals surface area (Å²) in [6.07, 6.45) is 0.859. The van der Waals surface area contributed by atoms with Gasteiger partial charge >= 0.3 is 174 Å². The first kappa shape index (κ1) is 18.5. The van der Waals surface area contributed by atoms with E-state index in [0.29, 0.717) is 0 Å². The molecule has 0 amide bonds. The van der Waals surface area contributed by atoms with Gasteiger partial charge in [0.1, 0.15) is 0 Å². The second kappa shape index (κ2) is 7.26. The van der Waals surface area contributed by atoms with Crippen molar-refractivity contribution in [3.63, 3.8) is 0 Å². The average molecular weight is 484 g/mol. The Kier molecular flexibility index (Phi) is 4.96. The molecule has 1 aromatic heterocycles. The van der Waals surface area contributed by atoms with Crippen LogP contribution in [0.15, 0.2) is 108 Å². The molecule has 0 unspecified atom stereocenters. The van der Waals surface area contributed by atoms with Gasteiger partial charge in [0.2, 0.25) is 0 Å². The number of benzene rings is 3. The van der Waals surface area contributed by atoms with Crippen LogP contribution in [0.3, 0.4) is 0 Å². The topological polar surface area (TPSA) is 13.1 Å². The summed E-state index contributed by atoms with van der Waals surface area (Å²) in [5, 5.41) is 4.11. The minimum absolute atomic E-state index is 0.859. The van der Waals surface area contributed by atoms with Gasteiger partial charge in [0.25, 0.3) is 0 Å². The molecule has 0 fully saturated rings. The molecule has 3 heteroatoms. The summed E-state index contributed by atoms with van der Waals surface area (Å²) in [7, 11) is 0. The van der Waals surface area contributed by atoms with Crippen molar-refractivity contribution in [1.29, 1.82) is 0 Å². The van der Waals surface area contributed by atoms with Crippen molar-refractivity contribution in [2.45, 2.75) is 13.1 Å². The molecule has 0 spiro atoms. The Morgan fingerprint density at radius 3 is 1.37 bits per heavy atom. The van der Waals surface area contributed by atoms with Gasteiger partial charge < -0.3 is 0 Å². The molecule has 0 N–H and O–H groups in total. The van der Waals surface area contributed by atoms with Gasteiger partial charge in [0.05, 0.1) is 0 Å². The van der Waals surface area contributed by atoms with Gasteiger partial charge in [0, 0.05) is 0 Å². The Labute approximate surface area is 173 Å². The van der Waals surface area contributed by atoms with E-state index >= 15 is 0 Å². The molecular weight excluding hydrogens is 462 g/mol. The van der Waals surface area contributed by atoms with Gasteiger partial charge in [-0.3, -0.25) is 0 Å². The molecule has 0 saturated heterocycles. The number of furan rings is 1. The van der Waals surface area contributed by atoms with Crippen molar-refractivity contribution < 1.29 is 4.42 Å². The van der Waals surface area contributed by atoms with Gasteiger partial charge in [-0.2, -0.15) is 0 Å². The van der Waals surface area contributed by atoms with Crippen LogP contribution in [-0.4, -0.2) is 0 Å². The van der Waals surface area contributed by atoms with Crippen molar-refractivity contribution in [1.82, 2.24) is 0 Å². The molecule has 0 bridgehead atoms. The summed E-state index contributed by atoms with van der Waals surface area (Å²) >= 11 is 2.79. The predicted octanol–water partition coefficient (Wildman–Crippen LogP) is 5.97. The quantitative estimate of drug-likeness (QED) is 0.252. The third-order valence-corrected chi connectivity index (χ3v) is 16.2. The molecule has 0 radical (unpaired) electrons. The summed E-state index contributed by atoms with van der Waals surface area (Å²) in [5.74, 6) is 2.00. The van der Waals surface area contributed by atoms with Crippen LogP contribution in [-0.2, 0) is 6.16 Å². The second-order valence-corrected chi connectivity index (χ2v) is 17.5. The fourth-order valence-corrected chi connectivity index (χ4v) is 12.3. The first-order chi connectivity index (χ1) is 13.1. The summed E-state index contributed by atoms with van der Waals surface area (Å²) in [6, 6.07) is 37.0. The third-order valence-electron chi connectivity index (χ3n) is 5.13. The minimum atomic E-state index is -2.79. The molecule has 27 heavy (non-hydrogen) atoms. The Morgan fingerprint density at radius 1 is 0.630 bits per heavy atom. The SMILES string of the molecule is Cc1ccc(CP(I)(c2ccccc2)(c2ccccc2)c2ccccc2)o1. The summed E-state index contributed by atoms with van der Waals surface area (Å²) in [5.41, 5.74) is 0. The Bertz CT molecular complexity index is 926. The van der Waals surface area contributed by atoms with Crippen LogP contribution in [0.4, 0.5) is 0 Å². The van der Waals surface area contributed by atoms with E-state index < -0.39 is 4.25 Å². The molecule has 4 aromatic rings. The van der Waals surface area contributed by atoms with Gasteiger partial charge in [-0.1, -0.05) is 0 Å². The molecular formula is C24H22IOP. The molecule has 136 valence electrons. The Morgan fingerprint density at radius 2 is 1.04 bits per heavy atom. The molecule has 0 aliphatic rings. The molecule has 1 nitrogen and oxygen atoms in total. The zero-order valence-corrected chi connectivity index (χ0v) is 18.3. The van der Waals surface area contributed by atoms with E-state index in [1.165, 1.54) is 15.9 Å². The van der Waals surface area contributed by atoms with Gasteiger partial charge in [0.15, 0.2) is 0 Å². The zero-order chi connectivity index (χ0) is 18.8. The maximum atomic E-state index is 6.10. The first-order valence-electron chi connectivity index (χ1n) is 9.06. The van der Waals surface area contributed by atoms with Crippen LogP contribution in [0.25, 0.3) is 0 Å². The monoisotopic (exact) mass is 484 g/mol. The molecule has 0 atom stereocenters. The standard InChI is InChI=1S/C24H22IOP/c1-20-17-18-21(26-20)19-27(25,22-11-5-2-6-12-22,23-13-7-3-8-14-23)24-15-9-4-10-16-24/h2-18H,19H2,1H3.